The smallest absolute Gasteiger partial charge is 0.252 e. The molecule has 1 saturated heterocycles. The van der Waals surface area contributed by atoms with E-state index in [0.717, 1.165) is 6.92 Å². The fourth-order valence-corrected chi connectivity index (χ4v) is 3.19. The van der Waals surface area contributed by atoms with E-state index >= 15 is 0 Å². The maximum absolute atomic E-state index is 14.4. The molecule has 1 aliphatic rings. The highest BCUT2D eigenvalue weighted by Crippen LogP contribution is 2.38. The molecule has 1 atom stereocenters. The van der Waals surface area contributed by atoms with E-state index in [9.17, 15) is 18.0 Å². The first kappa shape index (κ1) is 22.4. The summed E-state index contributed by atoms with van der Waals surface area (Å²) in [6.07, 6.45) is 3.41. The number of anilines is 1. The van der Waals surface area contributed by atoms with Gasteiger partial charge in [-0.3, -0.25) is 10.2 Å². The number of nitrogens with zero attached hydrogens (tertiary/aromatic N) is 1. The van der Waals surface area contributed by atoms with Crippen molar-refractivity contribution in [2.75, 3.05) is 12.4 Å². The molecule has 0 aromatic heterocycles. The molecule has 29 heavy (non-hydrogen) atoms. The molecule has 1 unspecified atom stereocenters. The molecule has 5 nitrogen and oxygen atoms in total. The van der Waals surface area contributed by atoms with Crippen LogP contribution in [0.15, 0.2) is 46.6 Å². The van der Waals surface area contributed by atoms with Crippen LogP contribution in [0.2, 0.25) is 0 Å². The number of alkyl halides is 2. The SMILES string of the molecule is CC/C=C/N=C1\NC(=O)CC(C(C)(F)F)\C1=C(\C)C(=N)c1cc(F)ccc1NC. The van der Waals surface area contributed by atoms with Crippen molar-refractivity contribution in [3.8, 4) is 0 Å². The molecular weight excluding hydrogens is 381 g/mol. The Morgan fingerprint density at radius 3 is 2.72 bits per heavy atom. The van der Waals surface area contributed by atoms with Crippen LogP contribution < -0.4 is 10.6 Å². The first-order valence-corrected chi connectivity index (χ1v) is 9.28. The number of aliphatic imine (C=N–C) groups is 1. The number of amides is 1. The monoisotopic (exact) mass is 406 g/mol. The summed E-state index contributed by atoms with van der Waals surface area (Å²) < 4.78 is 42.6. The largest absolute Gasteiger partial charge is 0.388 e. The molecule has 1 aliphatic heterocycles. The van der Waals surface area contributed by atoms with Crippen LogP contribution >= 0.6 is 0 Å². The number of benzene rings is 1. The van der Waals surface area contributed by atoms with E-state index in [0.29, 0.717) is 12.1 Å². The van der Waals surface area contributed by atoms with Gasteiger partial charge < -0.3 is 10.6 Å². The van der Waals surface area contributed by atoms with Crippen LogP contribution in [0.1, 0.15) is 39.2 Å². The van der Waals surface area contributed by atoms with Crippen LogP contribution in [-0.4, -0.2) is 30.4 Å². The number of allylic oxidation sites excluding steroid dienone is 2. The Morgan fingerprint density at radius 1 is 1.45 bits per heavy atom. The Hall–Kier alpha value is -2.90. The molecular formula is C21H25F3N4O. The number of carbonyl (C=O) groups is 1. The fraction of sp³-hybridized carbons (Fsp3) is 0.381. The predicted molar refractivity (Wildman–Crippen MR) is 109 cm³/mol. The summed E-state index contributed by atoms with van der Waals surface area (Å²) in [5.74, 6) is -5.78. The zero-order valence-corrected chi connectivity index (χ0v) is 16.9. The third kappa shape index (κ3) is 5.13. The number of hydrogen-bond donors (Lipinski definition) is 3. The summed E-state index contributed by atoms with van der Waals surface area (Å²) in [7, 11) is 1.62. The van der Waals surface area contributed by atoms with Crippen molar-refractivity contribution in [3.05, 3.63) is 53.0 Å². The zero-order chi connectivity index (χ0) is 21.8. The highest BCUT2D eigenvalue weighted by molar-refractivity contribution is 6.20. The van der Waals surface area contributed by atoms with Crippen molar-refractivity contribution in [1.29, 1.82) is 5.41 Å². The van der Waals surface area contributed by atoms with E-state index in [1.165, 1.54) is 31.3 Å². The van der Waals surface area contributed by atoms with Crippen molar-refractivity contribution in [2.24, 2.45) is 10.9 Å². The van der Waals surface area contributed by atoms with Gasteiger partial charge in [-0.1, -0.05) is 13.0 Å². The predicted octanol–water partition coefficient (Wildman–Crippen LogP) is 4.67. The molecule has 1 aromatic rings. The van der Waals surface area contributed by atoms with Gasteiger partial charge in [0.1, 0.15) is 11.7 Å². The summed E-state index contributed by atoms with van der Waals surface area (Å²) in [5.41, 5.74) is 0.870. The van der Waals surface area contributed by atoms with Gasteiger partial charge in [-0.05, 0) is 44.0 Å². The second-order valence-electron chi connectivity index (χ2n) is 6.89. The number of rotatable bonds is 6. The summed E-state index contributed by atoms with van der Waals surface area (Å²) in [6.45, 7) is 4.14. The van der Waals surface area contributed by atoms with Gasteiger partial charge in [0, 0.05) is 36.5 Å². The molecule has 0 bridgehead atoms. The van der Waals surface area contributed by atoms with E-state index < -0.39 is 30.0 Å². The number of amidine groups is 1. The first-order chi connectivity index (χ1) is 13.6. The third-order valence-corrected chi connectivity index (χ3v) is 4.71. The highest BCUT2D eigenvalue weighted by Gasteiger charge is 2.44. The van der Waals surface area contributed by atoms with Crippen LogP contribution in [0.3, 0.4) is 0 Å². The average Bonchev–Trinajstić information content (AvgIpc) is 2.66. The molecule has 0 radical (unpaired) electrons. The Kier molecular flexibility index (Phi) is 7.00. The minimum Gasteiger partial charge on any atom is -0.388 e. The first-order valence-electron chi connectivity index (χ1n) is 9.28. The van der Waals surface area contributed by atoms with Crippen LogP contribution in [0.5, 0.6) is 0 Å². The van der Waals surface area contributed by atoms with Gasteiger partial charge in [0.25, 0.3) is 5.92 Å². The fourth-order valence-electron chi connectivity index (χ4n) is 3.19. The molecule has 156 valence electrons. The van der Waals surface area contributed by atoms with Crippen LogP contribution in [0, 0.1) is 17.1 Å². The number of halogens is 3. The van der Waals surface area contributed by atoms with Crippen LogP contribution in [0.4, 0.5) is 18.9 Å². The van der Waals surface area contributed by atoms with Crippen LogP contribution in [0.25, 0.3) is 0 Å². The number of piperidine rings is 1. The maximum atomic E-state index is 14.4. The molecule has 2 rings (SSSR count). The van der Waals surface area contributed by atoms with Gasteiger partial charge >= 0.3 is 0 Å². The summed E-state index contributed by atoms with van der Waals surface area (Å²) >= 11 is 0. The van der Waals surface area contributed by atoms with Crippen molar-refractivity contribution in [2.45, 2.75) is 39.5 Å². The molecule has 0 aliphatic carbocycles. The lowest BCUT2D eigenvalue weighted by molar-refractivity contribution is -0.124. The number of hydrogen-bond acceptors (Lipinski definition) is 4. The van der Waals surface area contributed by atoms with Crippen molar-refractivity contribution in [1.82, 2.24) is 5.32 Å². The van der Waals surface area contributed by atoms with Crippen molar-refractivity contribution in [3.63, 3.8) is 0 Å². The van der Waals surface area contributed by atoms with Gasteiger partial charge in [0.05, 0.1) is 11.6 Å². The molecule has 0 spiro atoms. The van der Waals surface area contributed by atoms with Gasteiger partial charge in [-0.15, -0.1) is 0 Å². The molecule has 1 amide bonds. The van der Waals surface area contributed by atoms with E-state index in [-0.39, 0.29) is 28.3 Å². The summed E-state index contributed by atoms with van der Waals surface area (Å²) in [4.78, 5) is 16.2. The van der Waals surface area contributed by atoms with Crippen molar-refractivity contribution < 1.29 is 18.0 Å². The topological polar surface area (TPSA) is 77.3 Å². The second-order valence-corrected chi connectivity index (χ2v) is 6.89. The van der Waals surface area contributed by atoms with Gasteiger partial charge in [0.15, 0.2) is 0 Å². The van der Waals surface area contributed by atoms with E-state index in [1.807, 2.05) is 6.92 Å². The Labute approximate surface area is 168 Å². The van der Waals surface area contributed by atoms with E-state index in [4.69, 9.17) is 5.41 Å². The summed E-state index contributed by atoms with van der Waals surface area (Å²) in [6, 6.07) is 3.90. The second kappa shape index (κ2) is 9.07. The Morgan fingerprint density at radius 2 is 2.14 bits per heavy atom. The standard InChI is InChI=1S/C21H25F3N4O/c1-5-6-9-27-20-18(15(21(3,23)24)11-17(29)28-20)12(2)19(25)14-10-13(22)7-8-16(14)26-4/h6-10,15,25-26H,5,11H2,1-4H3,(H,27,28,29)/b9-6+,18-12+,25-19?. The number of carbonyl (C=O) groups excluding carboxylic acids is 1. The maximum Gasteiger partial charge on any atom is 0.252 e. The van der Waals surface area contributed by atoms with Gasteiger partial charge in [0.2, 0.25) is 5.91 Å². The molecule has 1 heterocycles. The Balaban J connectivity index is 2.69. The Bertz CT molecular complexity index is 898. The minimum atomic E-state index is -3.21. The van der Waals surface area contributed by atoms with Crippen molar-refractivity contribution >= 4 is 23.1 Å². The average molecular weight is 406 g/mol. The summed E-state index contributed by atoms with van der Waals surface area (Å²) in [5, 5.41) is 14.0. The normalized spacial score (nSPS) is 20.7. The quantitative estimate of drug-likeness (QED) is 0.601. The lowest BCUT2D eigenvalue weighted by atomic mass is 9.81. The molecule has 1 fully saturated rings. The molecule has 1 aromatic carbocycles. The van der Waals surface area contributed by atoms with Gasteiger partial charge in [-0.2, -0.15) is 0 Å². The van der Waals surface area contributed by atoms with E-state index in [1.54, 1.807) is 13.1 Å². The molecule has 8 heteroatoms. The van der Waals surface area contributed by atoms with Gasteiger partial charge in [-0.25, -0.2) is 18.2 Å². The zero-order valence-electron chi connectivity index (χ0n) is 16.9. The molecule has 0 saturated carbocycles. The van der Waals surface area contributed by atoms with Crippen LogP contribution in [-0.2, 0) is 4.79 Å². The molecule has 3 N–H and O–H groups in total. The van der Waals surface area contributed by atoms with E-state index in [2.05, 4.69) is 15.6 Å². The lowest BCUT2D eigenvalue weighted by Gasteiger charge is -2.32. The number of nitrogens with one attached hydrogen (secondary N) is 3. The minimum absolute atomic E-state index is 0.0119. The lowest BCUT2D eigenvalue weighted by Crippen LogP contribution is -2.46. The highest BCUT2D eigenvalue weighted by atomic mass is 19.3. The third-order valence-electron chi connectivity index (χ3n) is 4.71.